The van der Waals surface area contributed by atoms with E-state index in [1.54, 1.807) is 0 Å². The molecule has 146 valence electrons. The minimum atomic E-state index is -4.16. The van der Waals surface area contributed by atoms with Crippen LogP contribution in [-0.2, 0) is 10.1 Å². The van der Waals surface area contributed by atoms with Gasteiger partial charge in [-0.3, -0.25) is 4.55 Å². The standard InChI is InChI=1S/C19H40O4S/c1-3-5-7-8-9-10-11-12-13-15-16-18(20)19(24(21,22)23)17-14-6-4-2/h18-20H,3-17H2,1-2H3,(H,21,22,23). The van der Waals surface area contributed by atoms with Crippen LogP contribution in [0, 0.1) is 0 Å². The van der Waals surface area contributed by atoms with Gasteiger partial charge in [0.2, 0.25) is 0 Å². The largest absolute Gasteiger partial charge is 0.392 e. The minimum Gasteiger partial charge on any atom is -0.392 e. The quantitative estimate of drug-likeness (QED) is 0.264. The van der Waals surface area contributed by atoms with Gasteiger partial charge < -0.3 is 5.11 Å². The Bertz CT molecular complexity index is 368. The lowest BCUT2D eigenvalue weighted by Crippen LogP contribution is -2.33. The van der Waals surface area contributed by atoms with Crippen molar-refractivity contribution in [1.82, 2.24) is 0 Å². The number of rotatable bonds is 17. The van der Waals surface area contributed by atoms with Crippen LogP contribution >= 0.6 is 0 Å². The van der Waals surface area contributed by atoms with Crippen LogP contribution in [0.4, 0.5) is 0 Å². The topological polar surface area (TPSA) is 74.6 Å². The van der Waals surface area contributed by atoms with E-state index in [2.05, 4.69) is 6.92 Å². The second-order valence-corrected chi connectivity index (χ2v) is 8.72. The van der Waals surface area contributed by atoms with E-state index in [-0.39, 0.29) is 0 Å². The van der Waals surface area contributed by atoms with Crippen LogP contribution in [-0.4, -0.2) is 29.4 Å². The number of hydrogen-bond donors (Lipinski definition) is 2. The van der Waals surface area contributed by atoms with E-state index in [0.29, 0.717) is 12.8 Å². The molecule has 0 amide bonds. The SMILES string of the molecule is CCCCCCCCCCCCC(O)C(CCCCC)S(=O)(=O)O. The molecule has 0 spiro atoms. The predicted octanol–water partition coefficient (Wildman–Crippen LogP) is 5.50. The molecule has 0 fully saturated rings. The summed E-state index contributed by atoms with van der Waals surface area (Å²) in [5, 5.41) is 9.12. The van der Waals surface area contributed by atoms with Gasteiger partial charge in [-0.1, -0.05) is 97.3 Å². The van der Waals surface area contributed by atoms with Gasteiger partial charge in [0.05, 0.1) is 6.10 Å². The van der Waals surface area contributed by atoms with E-state index in [1.165, 1.54) is 44.9 Å². The van der Waals surface area contributed by atoms with Gasteiger partial charge in [0, 0.05) is 0 Å². The van der Waals surface area contributed by atoms with Crippen molar-refractivity contribution in [3.63, 3.8) is 0 Å². The first-order valence-electron chi connectivity index (χ1n) is 10.1. The van der Waals surface area contributed by atoms with Crippen LogP contribution in [0.3, 0.4) is 0 Å². The van der Waals surface area contributed by atoms with Crippen molar-refractivity contribution >= 4 is 10.1 Å². The number of aliphatic hydroxyl groups is 1. The molecule has 2 unspecified atom stereocenters. The fraction of sp³-hybridized carbons (Fsp3) is 1.00. The van der Waals surface area contributed by atoms with E-state index in [9.17, 15) is 18.1 Å². The predicted molar refractivity (Wildman–Crippen MR) is 102 cm³/mol. The zero-order valence-electron chi connectivity index (χ0n) is 15.9. The number of aliphatic hydroxyl groups excluding tert-OH is 1. The molecular weight excluding hydrogens is 324 g/mol. The molecule has 0 aliphatic heterocycles. The smallest absolute Gasteiger partial charge is 0.270 e. The molecule has 2 N–H and O–H groups in total. The summed E-state index contributed by atoms with van der Waals surface area (Å²) in [5.41, 5.74) is 0. The van der Waals surface area contributed by atoms with Gasteiger partial charge in [0.25, 0.3) is 10.1 Å². The molecule has 0 bridgehead atoms. The third-order valence-corrected chi connectivity index (χ3v) is 6.07. The summed E-state index contributed by atoms with van der Waals surface area (Å²) in [7, 11) is -4.16. The molecule has 0 saturated heterocycles. The van der Waals surface area contributed by atoms with Crippen LogP contribution in [0.25, 0.3) is 0 Å². The van der Waals surface area contributed by atoms with Gasteiger partial charge in [0.15, 0.2) is 0 Å². The Labute approximate surface area is 150 Å². The van der Waals surface area contributed by atoms with Crippen LogP contribution < -0.4 is 0 Å². The summed E-state index contributed by atoms with van der Waals surface area (Å²) in [6, 6.07) is 0. The minimum absolute atomic E-state index is 0.353. The number of hydrogen-bond acceptors (Lipinski definition) is 3. The monoisotopic (exact) mass is 364 g/mol. The van der Waals surface area contributed by atoms with E-state index in [1.807, 2.05) is 6.92 Å². The Morgan fingerprint density at radius 1 is 0.667 bits per heavy atom. The van der Waals surface area contributed by atoms with Gasteiger partial charge >= 0.3 is 0 Å². The summed E-state index contributed by atoms with van der Waals surface area (Å²) in [4.78, 5) is 0. The van der Waals surface area contributed by atoms with Crippen LogP contribution in [0.5, 0.6) is 0 Å². The van der Waals surface area contributed by atoms with E-state index in [4.69, 9.17) is 0 Å². The summed E-state index contributed by atoms with van der Waals surface area (Å²) in [5.74, 6) is 0. The van der Waals surface area contributed by atoms with Crippen molar-refractivity contribution < 1.29 is 18.1 Å². The van der Waals surface area contributed by atoms with Gasteiger partial charge in [0.1, 0.15) is 5.25 Å². The Kier molecular flexibility index (Phi) is 15.1. The maximum Gasteiger partial charge on any atom is 0.270 e. The third-order valence-electron chi connectivity index (χ3n) is 4.76. The summed E-state index contributed by atoms with van der Waals surface area (Å²) >= 11 is 0. The van der Waals surface area contributed by atoms with Gasteiger partial charge in [-0.05, 0) is 12.8 Å². The fourth-order valence-electron chi connectivity index (χ4n) is 3.16. The van der Waals surface area contributed by atoms with Crippen molar-refractivity contribution in [2.24, 2.45) is 0 Å². The lowest BCUT2D eigenvalue weighted by atomic mass is 10.0. The average Bonchev–Trinajstić information content (AvgIpc) is 2.52. The molecular formula is C19H40O4S. The lowest BCUT2D eigenvalue weighted by molar-refractivity contribution is 0.146. The molecule has 0 saturated carbocycles. The Hall–Kier alpha value is -0.130. The number of unbranched alkanes of at least 4 members (excludes halogenated alkanes) is 11. The summed E-state index contributed by atoms with van der Waals surface area (Å²) in [6.45, 7) is 4.27. The van der Waals surface area contributed by atoms with Crippen molar-refractivity contribution in [2.45, 2.75) is 122 Å². The van der Waals surface area contributed by atoms with Crippen LogP contribution in [0.15, 0.2) is 0 Å². The molecule has 4 nitrogen and oxygen atoms in total. The molecule has 0 heterocycles. The van der Waals surface area contributed by atoms with Crippen molar-refractivity contribution in [3.8, 4) is 0 Å². The Morgan fingerprint density at radius 2 is 1.04 bits per heavy atom. The Balaban J connectivity index is 3.78. The second kappa shape index (κ2) is 15.2. The molecule has 2 atom stereocenters. The highest BCUT2D eigenvalue weighted by Crippen LogP contribution is 2.19. The van der Waals surface area contributed by atoms with Crippen molar-refractivity contribution in [2.75, 3.05) is 0 Å². The first-order chi connectivity index (χ1) is 11.4. The highest BCUT2D eigenvalue weighted by atomic mass is 32.2. The maximum atomic E-state index is 11.4. The molecule has 5 heteroatoms. The molecule has 0 aromatic rings. The molecule has 0 aromatic heterocycles. The zero-order valence-corrected chi connectivity index (χ0v) is 16.7. The van der Waals surface area contributed by atoms with E-state index < -0.39 is 21.5 Å². The second-order valence-electron chi connectivity index (χ2n) is 7.09. The molecule has 0 aliphatic carbocycles. The highest BCUT2D eigenvalue weighted by Gasteiger charge is 2.29. The average molecular weight is 365 g/mol. The van der Waals surface area contributed by atoms with E-state index >= 15 is 0 Å². The Morgan fingerprint density at radius 3 is 1.50 bits per heavy atom. The van der Waals surface area contributed by atoms with Crippen LogP contribution in [0.1, 0.15) is 110 Å². The molecule has 0 rings (SSSR count). The normalized spacial score (nSPS) is 14.7. The zero-order chi connectivity index (χ0) is 18.3. The molecule has 0 aromatic carbocycles. The van der Waals surface area contributed by atoms with Crippen molar-refractivity contribution in [3.05, 3.63) is 0 Å². The maximum absolute atomic E-state index is 11.4. The summed E-state index contributed by atoms with van der Waals surface area (Å²) in [6.07, 6.45) is 14.6. The van der Waals surface area contributed by atoms with Crippen LogP contribution in [0.2, 0.25) is 0 Å². The van der Waals surface area contributed by atoms with Gasteiger partial charge in [-0.15, -0.1) is 0 Å². The van der Waals surface area contributed by atoms with E-state index in [0.717, 1.165) is 38.5 Å². The first kappa shape index (κ1) is 23.9. The lowest BCUT2D eigenvalue weighted by Gasteiger charge is -2.20. The van der Waals surface area contributed by atoms with Gasteiger partial charge in [-0.25, -0.2) is 0 Å². The van der Waals surface area contributed by atoms with Gasteiger partial charge in [-0.2, -0.15) is 8.42 Å². The third kappa shape index (κ3) is 13.2. The fourth-order valence-corrected chi connectivity index (χ4v) is 4.16. The highest BCUT2D eigenvalue weighted by molar-refractivity contribution is 7.86. The molecule has 24 heavy (non-hydrogen) atoms. The van der Waals surface area contributed by atoms with Crippen molar-refractivity contribution in [1.29, 1.82) is 0 Å². The first-order valence-corrected chi connectivity index (χ1v) is 11.6. The molecule has 0 aliphatic rings. The molecule has 0 radical (unpaired) electrons. The summed E-state index contributed by atoms with van der Waals surface area (Å²) < 4.78 is 32.2.